The van der Waals surface area contributed by atoms with Crippen molar-refractivity contribution in [1.29, 1.82) is 0 Å². The van der Waals surface area contributed by atoms with Crippen molar-refractivity contribution in [3.63, 3.8) is 0 Å². The van der Waals surface area contributed by atoms with E-state index in [2.05, 4.69) is 0 Å². The van der Waals surface area contributed by atoms with Crippen molar-refractivity contribution >= 4 is 29.1 Å². The molecule has 1 aromatic carbocycles. The number of benzene rings is 1. The first-order valence-corrected chi connectivity index (χ1v) is 7.15. The Hall–Kier alpha value is -1.65. The Morgan fingerprint density at radius 1 is 1.29 bits per heavy atom. The molecule has 6 heteroatoms. The molecule has 110 valence electrons. The van der Waals surface area contributed by atoms with Crippen LogP contribution in [0.5, 0.6) is 5.75 Å². The maximum Gasteiger partial charge on any atom is 0.262 e. The van der Waals surface area contributed by atoms with Crippen LogP contribution in [0, 0.1) is 0 Å². The maximum absolute atomic E-state index is 12.1. The number of carbonyl (C=O) groups is 1. The molecule has 2 aromatic rings. The number of furan rings is 1. The Kier molecular flexibility index (Phi) is 3.59. The summed E-state index contributed by atoms with van der Waals surface area (Å²) in [6, 6.07) is 10.5. The molecule has 1 atom stereocenters. The molecule has 0 spiro atoms. The van der Waals surface area contributed by atoms with Crippen LogP contribution in [0.15, 0.2) is 47.1 Å². The topological polar surface area (TPSA) is 42.7 Å². The molecular weight excluding hydrogens is 313 g/mol. The smallest absolute Gasteiger partial charge is 0.262 e. The molecule has 4 nitrogen and oxygen atoms in total. The highest BCUT2D eigenvalue weighted by Gasteiger charge is 2.60. The maximum atomic E-state index is 12.1. The fraction of sp³-hybridized carbons (Fsp3) is 0.267. The minimum atomic E-state index is -1.47. The summed E-state index contributed by atoms with van der Waals surface area (Å²) in [6.45, 7) is 0.412. The molecule has 1 aromatic heterocycles. The van der Waals surface area contributed by atoms with Crippen molar-refractivity contribution in [3.05, 3.63) is 54.0 Å². The van der Waals surface area contributed by atoms with Crippen molar-refractivity contribution in [1.82, 2.24) is 4.90 Å². The molecule has 0 aliphatic carbocycles. The second-order valence-corrected chi connectivity index (χ2v) is 6.21. The van der Waals surface area contributed by atoms with Crippen molar-refractivity contribution < 1.29 is 13.9 Å². The van der Waals surface area contributed by atoms with E-state index in [1.807, 2.05) is 24.3 Å². The molecule has 0 N–H and O–H groups in total. The van der Waals surface area contributed by atoms with E-state index in [9.17, 15) is 4.79 Å². The molecule has 1 unspecified atom stereocenters. The molecule has 1 amide bonds. The lowest BCUT2D eigenvalue weighted by atomic mass is 9.96. The molecule has 1 saturated heterocycles. The number of alkyl halides is 2. The Labute approximate surface area is 132 Å². The molecule has 0 radical (unpaired) electrons. The molecule has 1 fully saturated rings. The van der Waals surface area contributed by atoms with Crippen LogP contribution < -0.4 is 4.74 Å². The lowest BCUT2D eigenvalue weighted by molar-refractivity contribution is -0.150. The van der Waals surface area contributed by atoms with Gasteiger partial charge in [0.05, 0.1) is 13.4 Å². The predicted octanol–water partition coefficient (Wildman–Crippen LogP) is 3.55. The van der Waals surface area contributed by atoms with Gasteiger partial charge in [0, 0.05) is 6.54 Å². The van der Waals surface area contributed by atoms with Crippen molar-refractivity contribution in [2.75, 3.05) is 7.11 Å². The number of rotatable bonds is 4. The van der Waals surface area contributed by atoms with Crippen LogP contribution in [-0.4, -0.2) is 22.3 Å². The average Bonchev–Trinajstić information content (AvgIpc) is 3.00. The summed E-state index contributed by atoms with van der Waals surface area (Å²) in [5.41, 5.74) is 0.963. The monoisotopic (exact) mass is 325 g/mol. The molecular formula is C15H13Cl2NO3. The van der Waals surface area contributed by atoms with Crippen LogP contribution in [0.2, 0.25) is 0 Å². The van der Waals surface area contributed by atoms with E-state index < -0.39 is 10.4 Å². The number of hydrogen-bond acceptors (Lipinski definition) is 3. The molecule has 3 rings (SSSR count). The van der Waals surface area contributed by atoms with E-state index in [1.165, 1.54) is 6.26 Å². The summed E-state index contributed by atoms with van der Waals surface area (Å²) >= 11 is 12.2. The largest absolute Gasteiger partial charge is 0.497 e. The third kappa shape index (κ3) is 2.39. The summed E-state index contributed by atoms with van der Waals surface area (Å²) in [6.07, 6.45) is 1.54. The summed E-state index contributed by atoms with van der Waals surface area (Å²) in [5, 5.41) is 0. The number of likely N-dealkylation sites (tertiary alicyclic amines) is 1. The summed E-state index contributed by atoms with van der Waals surface area (Å²) in [7, 11) is 1.61. The Morgan fingerprint density at radius 2 is 2.00 bits per heavy atom. The van der Waals surface area contributed by atoms with Crippen molar-refractivity contribution in [3.8, 4) is 5.75 Å². The molecule has 0 saturated carbocycles. The van der Waals surface area contributed by atoms with E-state index in [1.54, 1.807) is 24.1 Å². The molecule has 21 heavy (non-hydrogen) atoms. The standard InChI is InChI=1S/C15H13Cl2NO3/c1-20-11-6-4-10(5-7-11)9-18-13(12-3-2-8-21-12)15(16,17)14(18)19/h2-8,13H,9H2,1H3. The van der Waals surface area contributed by atoms with E-state index in [-0.39, 0.29) is 5.91 Å². The highest BCUT2D eigenvalue weighted by Crippen LogP contribution is 2.51. The van der Waals surface area contributed by atoms with Gasteiger partial charge in [-0.2, -0.15) is 0 Å². The van der Waals surface area contributed by atoms with Crippen LogP contribution in [-0.2, 0) is 11.3 Å². The van der Waals surface area contributed by atoms with Crippen molar-refractivity contribution in [2.45, 2.75) is 16.9 Å². The van der Waals surface area contributed by atoms with Gasteiger partial charge in [0.15, 0.2) is 0 Å². The van der Waals surface area contributed by atoms with Gasteiger partial charge in [-0.15, -0.1) is 0 Å². The summed E-state index contributed by atoms with van der Waals surface area (Å²) in [4.78, 5) is 13.7. The Bertz CT molecular complexity index is 637. The highest BCUT2D eigenvalue weighted by atomic mass is 35.5. The second kappa shape index (κ2) is 5.28. The fourth-order valence-corrected chi connectivity index (χ4v) is 3.09. The van der Waals surface area contributed by atoms with Gasteiger partial charge >= 0.3 is 0 Å². The van der Waals surface area contributed by atoms with Crippen LogP contribution in [0.1, 0.15) is 17.4 Å². The number of β-lactam (4-membered cyclic amide) rings is 1. The average molecular weight is 326 g/mol. The molecule has 1 aliphatic rings. The van der Waals surface area contributed by atoms with E-state index in [4.69, 9.17) is 32.4 Å². The van der Waals surface area contributed by atoms with E-state index in [0.29, 0.717) is 12.3 Å². The number of amides is 1. The third-order valence-electron chi connectivity index (χ3n) is 3.53. The lowest BCUT2D eigenvalue weighted by Crippen LogP contribution is -2.61. The first-order chi connectivity index (χ1) is 10.0. The number of halogens is 2. The van der Waals surface area contributed by atoms with Crippen LogP contribution in [0.3, 0.4) is 0 Å². The van der Waals surface area contributed by atoms with Gasteiger partial charge in [0.2, 0.25) is 4.33 Å². The fourth-order valence-electron chi connectivity index (χ4n) is 2.43. The van der Waals surface area contributed by atoms with Gasteiger partial charge < -0.3 is 14.1 Å². The normalized spacial score (nSPS) is 20.2. The van der Waals surface area contributed by atoms with Gasteiger partial charge in [-0.05, 0) is 29.8 Å². The van der Waals surface area contributed by atoms with Gasteiger partial charge in [-0.25, -0.2) is 0 Å². The number of methoxy groups -OCH3 is 1. The van der Waals surface area contributed by atoms with Crippen molar-refractivity contribution in [2.24, 2.45) is 0 Å². The first-order valence-electron chi connectivity index (χ1n) is 6.39. The number of ether oxygens (including phenoxy) is 1. The van der Waals surface area contributed by atoms with Gasteiger partial charge in [0.25, 0.3) is 5.91 Å². The van der Waals surface area contributed by atoms with Gasteiger partial charge in [0.1, 0.15) is 17.6 Å². The van der Waals surface area contributed by atoms with Crippen LogP contribution in [0.4, 0.5) is 0 Å². The zero-order chi connectivity index (χ0) is 15.0. The molecule has 0 bridgehead atoms. The number of hydrogen-bond donors (Lipinski definition) is 0. The minimum Gasteiger partial charge on any atom is -0.497 e. The van der Waals surface area contributed by atoms with Gasteiger partial charge in [-0.3, -0.25) is 4.79 Å². The summed E-state index contributed by atoms with van der Waals surface area (Å²) in [5.74, 6) is 1.02. The Balaban J connectivity index is 1.82. The highest BCUT2D eigenvalue weighted by molar-refractivity contribution is 6.60. The minimum absolute atomic E-state index is 0.317. The van der Waals surface area contributed by atoms with Crippen LogP contribution in [0.25, 0.3) is 0 Å². The number of carbonyl (C=O) groups excluding carboxylic acids is 1. The number of nitrogens with zero attached hydrogens (tertiary/aromatic N) is 1. The summed E-state index contributed by atoms with van der Waals surface area (Å²) < 4.78 is 8.99. The molecule has 1 aliphatic heterocycles. The van der Waals surface area contributed by atoms with E-state index >= 15 is 0 Å². The van der Waals surface area contributed by atoms with Crippen LogP contribution >= 0.6 is 23.2 Å². The third-order valence-corrected chi connectivity index (χ3v) is 4.26. The van der Waals surface area contributed by atoms with Gasteiger partial charge in [-0.1, -0.05) is 35.3 Å². The zero-order valence-corrected chi connectivity index (χ0v) is 12.8. The molecule has 2 heterocycles. The van der Waals surface area contributed by atoms with E-state index in [0.717, 1.165) is 11.3 Å². The second-order valence-electron chi connectivity index (χ2n) is 4.82. The Morgan fingerprint density at radius 3 is 2.57 bits per heavy atom. The SMILES string of the molecule is COc1ccc(CN2C(=O)C(Cl)(Cl)C2c2ccco2)cc1. The zero-order valence-electron chi connectivity index (χ0n) is 11.3. The first kappa shape index (κ1) is 14.3. The predicted molar refractivity (Wildman–Crippen MR) is 79.4 cm³/mol. The quantitative estimate of drug-likeness (QED) is 0.637. The lowest BCUT2D eigenvalue weighted by Gasteiger charge is -2.48.